The van der Waals surface area contributed by atoms with Crippen LogP contribution in [-0.4, -0.2) is 32.5 Å². The second-order valence-electron chi connectivity index (χ2n) is 2.77. The number of nitrogens with two attached hydrogens (primary N) is 2. The van der Waals surface area contributed by atoms with Gasteiger partial charge in [0.1, 0.15) is 6.54 Å². The smallest absolute Gasteiger partial charge is 0.327 e. The summed E-state index contributed by atoms with van der Waals surface area (Å²) < 4.78 is 4.88. The van der Waals surface area contributed by atoms with Crippen LogP contribution in [0, 0.1) is 0 Å². The number of carbonyl (C=O) groups is 1. The van der Waals surface area contributed by atoms with Crippen LogP contribution in [0.25, 0.3) is 0 Å². The Morgan fingerprint density at radius 3 is 2.53 bits per heavy atom. The summed E-state index contributed by atoms with van der Waals surface area (Å²) in [5.74, 6) is -0.307. The van der Waals surface area contributed by atoms with Crippen molar-refractivity contribution >= 4 is 12.3 Å². The normalized spacial score (nSPS) is 9.53. The average Bonchev–Trinajstić information content (AvgIpc) is 2.29. The zero-order chi connectivity index (χ0) is 11.9. The second kappa shape index (κ2) is 15.4. The fraction of sp³-hybridized carbons (Fsp3) is 0.800. The highest BCUT2D eigenvalue weighted by Crippen LogP contribution is 1.98. The molecule has 0 saturated heterocycles. The van der Waals surface area contributed by atoms with Gasteiger partial charge in [0, 0.05) is 0 Å². The highest BCUT2D eigenvalue weighted by molar-refractivity contribution is 5.73. The number of nitrogens with zero attached hydrogens (tertiary/aromatic N) is 1. The fourth-order valence-electron chi connectivity index (χ4n) is 0.888. The molecule has 0 aliphatic heterocycles. The van der Waals surface area contributed by atoms with Gasteiger partial charge in [0.15, 0.2) is 0 Å². The topological polar surface area (TPSA) is 90.7 Å². The van der Waals surface area contributed by atoms with Crippen LogP contribution in [0.4, 0.5) is 0 Å². The summed E-state index contributed by atoms with van der Waals surface area (Å²) in [6.45, 7) is 2.67. The molecule has 0 aliphatic carbocycles. The standard InChI is InChI=1S/C9H18N2O2.CH5N/c1-2-3-4-5-6-13-9(12)7-11-8-10;1-2/h8H,2-7H2,1H3,(H2,10,11);2H2,1H3. The van der Waals surface area contributed by atoms with E-state index < -0.39 is 0 Å². The van der Waals surface area contributed by atoms with E-state index in [1.807, 2.05) is 0 Å². The Hall–Kier alpha value is -1.10. The molecule has 0 aliphatic rings. The van der Waals surface area contributed by atoms with E-state index in [1.165, 1.54) is 19.9 Å². The SMILES string of the molecule is CCCCCCOC(=O)CN=CN.CN. The molecule has 0 aromatic rings. The van der Waals surface area contributed by atoms with Crippen molar-refractivity contribution in [3.8, 4) is 0 Å². The van der Waals surface area contributed by atoms with E-state index in [2.05, 4.69) is 17.6 Å². The van der Waals surface area contributed by atoms with Crippen molar-refractivity contribution in [3.05, 3.63) is 0 Å². The molecule has 0 atom stereocenters. The van der Waals surface area contributed by atoms with E-state index >= 15 is 0 Å². The lowest BCUT2D eigenvalue weighted by Crippen LogP contribution is -2.10. The van der Waals surface area contributed by atoms with Gasteiger partial charge in [0.2, 0.25) is 0 Å². The molecule has 0 unspecified atom stereocenters. The van der Waals surface area contributed by atoms with Crippen LogP contribution in [0.15, 0.2) is 4.99 Å². The third-order valence-electron chi connectivity index (χ3n) is 1.59. The molecular formula is C10H23N3O2. The summed E-state index contributed by atoms with van der Waals surface area (Å²) >= 11 is 0. The fourth-order valence-corrected chi connectivity index (χ4v) is 0.888. The van der Waals surface area contributed by atoms with Gasteiger partial charge in [-0.25, -0.2) is 0 Å². The van der Waals surface area contributed by atoms with Crippen molar-refractivity contribution in [2.45, 2.75) is 32.6 Å². The lowest BCUT2D eigenvalue weighted by Gasteiger charge is -2.01. The Morgan fingerprint density at radius 1 is 1.33 bits per heavy atom. The Labute approximate surface area is 91.9 Å². The molecule has 0 rings (SSSR count). The summed E-state index contributed by atoms with van der Waals surface area (Å²) in [5.41, 5.74) is 9.47. The third-order valence-corrected chi connectivity index (χ3v) is 1.59. The number of unbranched alkanes of at least 4 members (excludes halogenated alkanes) is 3. The monoisotopic (exact) mass is 217 g/mol. The molecule has 4 N–H and O–H groups in total. The Bertz CT molecular complexity index is 161. The molecule has 0 bridgehead atoms. The van der Waals surface area contributed by atoms with Gasteiger partial charge in [-0.05, 0) is 13.5 Å². The van der Waals surface area contributed by atoms with Gasteiger partial charge in [-0.1, -0.05) is 26.2 Å². The maximum absolute atomic E-state index is 10.8. The van der Waals surface area contributed by atoms with Crippen LogP contribution in [0.1, 0.15) is 32.6 Å². The van der Waals surface area contributed by atoms with Gasteiger partial charge in [-0.15, -0.1) is 0 Å². The molecule has 0 amide bonds. The highest BCUT2D eigenvalue weighted by atomic mass is 16.5. The molecule has 15 heavy (non-hydrogen) atoms. The predicted molar refractivity (Wildman–Crippen MR) is 62.8 cm³/mol. The van der Waals surface area contributed by atoms with Crippen LogP contribution in [0.3, 0.4) is 0 Å². The van der Waals surface area contributed by atoms with Crippen molar-refractivity contribution in [3.63, 3.8) is 0 Å². The van der Waals surface area contributed by atoms with Crippen molar-refractivity contribution < 1.29 is 9.53 Å². The molecule has 5 heteroatoms. The first-order valence-corrected chi connectivity index (χ1v) is 5.24. The maximum atomic E-state index is 10.8. The molecule has 0 saturated carbocycles. The zero-order valence-electron chi connectivity index (χ0n) is 9.74. The minimum atomic E-state index is -0.307. The minimum Gasteiger partial charge on any atom is -0.464 e. The van der Waals surface area contributed by atoms with E-state index in [-0.39, 0.29) is 12.5 Å². The van der Waals surface area contributed by atoms with E-state index in [9.17, 15) is 4.79 Å². The van der Waals surface area contributed by atoms with Gasteiger partial charge in [-0.3, -0.25) is 9.79 Å². The van der Waals surface area contributed by atoms with Crippen LogP contribution in [-0.2, 0) is 9.53 Å². The molecule has 0 aromatic carbocycles. The first kappa shape index (κ1) is 16.3. The molecule has 0 fully saturated rings. The number of carbonyl (C=O) groups excluding carboxylic acids is 1. The van der Waals surface area contributed by atoms with Crippen molar-refractivity contribution in [1.29, 1.82) is 0 Å². The summed E-state index contributed by atoms with van der Waals surface area (Å²) in [4.78, 5) is 14.4. The first-order valence-electron chi connectivity index (χ1n) is 5.24. The minimum absolute atomic E-state index is 0.0320. The Kier molecular flexibility index (Phi) is 16.7. The van der Waals surface area contributed by atoms with E-state index in [4.69, 9.17) is 10.5 Å². The number of ether oxygens (including phenoxy) is 1. The summed E-state index contributed by atoms with van der Waals surface area (Å²) in [6.07, 6.45) is 5.54. The molecule has 0 radical (unpaired) electrons. The first-order chi connectivity index (χ1) is 7.31. The molecule has 90 valence electrons. The number of aliphatic imine (C=N–C) groups is 1. The summed E-state index contributed by atoms with van der Waals surface area (Å²) in [5, 5.41) is 0. The van der Waals surface area contributed by atoms with Gasteiger partial charge in [-0.2, -0.15) is 0 Å². The Balaban J connectivity index is 0. The van der Waals surface area contributed by atoms with Crippen LogP contribution in [0.5, 0.6) is 0 Å². The van der Waals surface area contributed by atoms with Gasteiger partial charge >= 0.3 is 5.97 Å². The van der Waals surface area contributed by atoms with Crippen LogP contribution >= 0.6 is 0 Å². The number of rotatable bonds is 7. The largest absolute Gasteiger partial charge is 0.464 e. The summed E-state index contributed by atoms with van der Waals surface area (Å²) in [6, 6.07) is 0. The van der Waals surface area contributed by atoms with Crippen LogP contribution in [0.2, 0.25) is 0 Å². The van der Waals surface area contributed by atoms with E-state index in [0.29, 0.717) is 6.61 Å². The number of esters is 1. The lowest BCUT2D eigenvalue weighted by atomic mass is 10.2. The van der Waals surface area contributed by atoms with E-state index in [1.54, 1.807) is 0 Å². The molecule has 5 nitrogen and oxygen atoms in total. The number of hydrogen-bond donors (Lipinski definition) is 2. The van der Waals surface area contributed by atoms with Gasteiger partial charge in [0.05, 0.1) is 12.9 Å². The zero-order valence-corrected chi connectivity index (χ0v) is 9.74. The van der Waals surface area contributed by atoms with E-state index in [0.717, 1.165) is 19.2 Å². The molecule has 0 spiro atoms. The third kappa shape index (κ3) is 15.6. The summed E-state index contributed by atoms with van der Waals surface area (Å²) in [7, 11) is 1.50. The predicted octanol–water partition coefficient (Wildman–Crippen LogP) is 0.672. The average molecular weight is 217 g/mol. The van der Waals surface area contributed by atoms with Gasteiger partial charge in [0.25, 0.3) is 0 Å². The quantitative estimate of drug-likeness (QED) is 0.284. The molecule has 0 aromatic heterocycles. The molecular weight excluding hydrogens is 194 g/mol. The Morgan fingerprint density at radius 2 is 2.00 bits per heavy atom. The highest BCUT2D eigenvalue weighted by Gasteiger charge is 1.98. The molecule has 0 heterocycles. The maximum Gasteiger partial charge on any atom is 0.327 e. The number of hydrogen-bond acceptors (Lipinski definition) is 4. The van der Waals surface area contributed by atoms with Crippen LogP contribution < -0.4 is 11.5 Å². The van der Waals surface area contributed by atoms with Crippen molar-refractivity contribution in [1.82, 2.24) is 0 Å². The lowest BCUT2D eigenvalue weighted by molar-refractivity contribution is -0.141. The second-order valence-corrected chi connectivity index (χ2v) is 2.77. The van der Waals surface area contributed by atoms with Crippen molar-refractivity contribution in [2.75, 3.05) is 20.2 Å². The van der Waals surface area contributed by atoms with Gasteiger partial charge < -0.3 is 16.2 Å². The van der Waals surface area contributed by atoms with Crippen molar-refractivity contribution in [2.24, 2.45) is 16.5 Å².